The fourth-order valence-electron chi connectivity index (χ4n) is 9.22. The molecule has 486 valence electrons. The van der Waals surface area contributed by atoms with Crippen molar-refractivity contribution in [2.45, 2.75) is 318 Å². The van der Waals surface area contributed by atoms with Gasteiger partial charge in [0.15, 0.2) is 12.2 Å². The van der Waals surface area contributed by atoms with E-state index in [9.17, 15) is 43.2 Å². The van der Waals surface area contributed by atoms with Crippen molar-refractivity contribution in [1.29, 1.82) is 0 Å². The molecule has 0 amide bonds. The molecule has 0 radical (unpaired) electrons. The predicted molar refractivity (Wildman–Crippen MR) is 326 cm³/mol. The van der Waals surface area contributed by atoms with Crippen LogP contribution in [0.2, 0.25) is 0 Å². The number of esters is 4. The maximum atomic E-state index is 13.0. The third-order valence-corrected chi connectivity index (χ3v) is 16.6. The minimum Gasteiger partial charge on any atom is -0.462 e. The highest BCUT2D eigenvalue weighted by atomic mass is 31.2. The Morgan fingerprint density at radius 3 is 0.866 bits per heavy atom. The minimum atomic E-state index is -4.94. The predicted octanol–water partition coefficient (Wildman–Crippen LogP) is 17.0. The van der Waals surface area contributed by atoms with Crippen LogP contribution in [-0.2, 0) is 65.4 Å². The van der Waals surface area contributed by atoms with Crippen molar-refractivity contribution in [2.24, 2.45) is 23.7 Å². The fourth-order valence-corrected chi connectivity index (χ4v) is 10.8. The number of phosphoric acid groups is 2. The highest BCUT2D eigenvalue weighted by Crippen LogP contribution is 2.45. The lowest BCUT2D eigenvalue weighted by molar-refractivity contribution is -0.161. The van der Waals surface area contributed by atoms with Crippen LogP contribution in [0.5, 0.6) is 0 Å². The second kappa shape index (κ2) is 53.3. The molecule has 0 aliphatic heterocycles. The van der Waals surface area contributed by atoms with Crippen molar-refractivity contribution in [3.63, 3.8) is 0 Å². The van der Waals surface area contributed by atoms with Gasteiger partial charge >= 0.3 is 39.5 Å². The molecular weight excluding hydrogens is 1090 g/mol. The number of rotatable bonds is 60. The lowest BCUT2D eigenvalue weighted by Gasteiger charge is -2.21. The lowest BCUT2D eigenvalue weighted by atomic mass is 9.99. The zero-order valence-electron chi connectivity index (χ0n) is 53.1. The third-order valence-electron chi connectivity index (χ3n) is 14.7. The topological polar surface area (TPSA) is 237 Å². The van der Waals surface area contributed by atoms with Gasteiger partial charge in [-0.05, 0) is 49.4 Å². The van der Waals surface area contributed by atoms with Crippen LogP contribution in [0.4, 0.5) is 0 Å². The lowest BCUT2D eigenvalue weighted by Crippen LogP contribution is -2.30. The molecule has 0 saturated heterocycles. The van der Waals surface area contributed by atoms with Crippen LogP contribution in [0.25, 0.3) is 0 Å². The quantitative estimate of drug-likeness (QED) is 0.0222. The van der Waals surface area contributed by atoms with Gasteiger partial charge in [-0.1, -0.05) is 248 Å². The van der Waals surface area contributed by atoms with Gasteiger partial charge in [-0.2, -0.15) is 0 Å². The van der Waals surface area contributed by atoms with Crippen LogP contribution in [0, 0.1) is 23.7 Å². The first kappa shape index (κ1) is 80.1. The van der Waals surface area contributed by atoms with Crippen LogP contribution >= 0.6 is 15.6 Å². The van der Waals surface area contributed by atoms with Crippen molar-refractivity contribution in [3.8, 4) is 0 Å². The van der Waals surface area contributed by atoms with Gasteiger partial charge in [-0.25, -0.2) is 9.13 Å². The molecule has 0 spiro atoms. The standard InChI is InChI=1S/C63H122O17P2/c1-9-56(8)42-34-26-16-12-10-11-13-17-29-37-45-62(67)79-58(49-73-60(65)43-35-27-18-14-15-23-31-39-53(2)3)51-77-81(69,70)75-47-57(64)48-76-82(71,72)78-52-59(80-63(68)46-38-30-22-20-25-33-41-55(6)7)50-74-61(66)44-36-28-21-19-24-32-40-54(4)5/h53-59,64H,9-52H2,1-8H3,(H,69,70)(H,71,72)/t56?,57?,58-,59-/m1/s1. The molecular formula is C63H122O17P2. The van der Waals surface area contributed by atoms with Gasteiger partial charge in [-0.3, -0.25) is 37.3 Å². The Bertz CT molecular complexity index is 1650. The third kappa shape index (κ3) is 55.9. The van der Waals surface area contributed by atoms with Gasteiger partial charge in [0.05, 0.1) is 26.4 Å². The number of aliphatic hydroxyl groups excluding tert-OH is 1. The molecule has 0 saturated carbocycles. The summed E-state index contributed by atoms with van der Waals surface area (Å²) in [6.45, 7) is 13.9. The second-order valence-corrected chi connectivity index (χ2v) is 27.4. The van der Waals surface area contributed by atoms with Crippen LogP contribution in [0.3, 0.4) is 0 Å². The number of ether oxygens (including phenoxy) is 4. The summed E-state index contributed by atoms with van der Waals surface area (Å²) in [5, 5.41) is 10.5. The molecule has 82 heavy (non-hydrogen) atoms. The summed E-state index contributed by atoms with van der Waals surface area (Å²) in [6.07, 6.45) is 32.4. The molecule has 6 atom stereocenters. The Morgan fingerprint density at radius 1 is 0.341 bits per heavy atom. The Kier molecular flexibility index (Phi) is 52.0. The summed E-state index contributed by atoms with van der Waals surface area (Å²) in [7, 11) is -9.89. The number of hydrogen-bond donors (Lipinski definition) is 3. The van der Waals surface area contributed by atoms with Crippen molar-refractivity contribution in [2.75, 3.05) is 39.6 Å². The van der Waals surface area contributed by atoms with Crippen molar-refractivity contribution >= 4 is 39.5 Å². The van der Waals surface area contributed by atoms with E-state index >= 15 is 0 Å². The molecule has 0 aromatic carbocycles. The monoisotopic (exact) mass is 1210 g/mol. The molecule has 0 fully saturated rings. The molecule has 0 aliphatic carbocycles. The summed E-state index contributed by atoms with van der Waals surface area (Å²) < 4.78 is 67.9. The van der Waals surface area contributed by atoms with Crippen LogP contribution in [-0.4, -0.2) is 96.7 Å². The van der Waals surface area contributed by atoms with Gasteiger partial charge < -0.3 is 33.8 Å². The van der Waals surface area contributed by atoms with E-state index in [1.165, 1.54) is 89.9 Å². The summed E-state index contributed by atoms with van der Waals surface area (Å²) >= 11 is 0. The van der Waals surface area contributed by atoms with Crippen LogP contribution < -0.4 is 0 Å². The van der Waals surface area contributed by atoms with Gasteiger partial charge in [-0.15, -0.1) is 0 Å². The number of phosphoric ester groups is 2. The highest BCUT2D eigenvalue weighted by Gasteiger charge is 2.30. The average Bonchev–Trinajstić information content (AvgIpc) is 3.45. The average molecular weight is 1210 g/mol. The van der Waals surface area contributed by atoms with Crippen LogP contribution in [0.15, 0.2) is 0 Å². The molecule has 3 N–H and O–H groups in total. The van der Waals surface area contributed by atoms with Crippen LogP contribution in [0.1, 0.15) is 299 Å². The first-order chi connectivity index (χ1) is 39.1. The van der Waals surface area contributed by atoms with E-state index in [-0.39, 0.29) is 25.7 Å². The highest BCUT2D eigenvalue weighted by molar-refractivity contribution is 7.47. The molecule has 0 rings (SSSR count). The first-order valence-electron chi connectivity index (χ1n) is 32.7. The number of carbonyl (C=O) groups is 4. The van der Waals surface area contributed by atoms with E-state index in [0.717, 1.165) is 109 Å². The summed E-state index contributed by atoms with van der Waals surface area (Å²) in [4.78, 5) is 72.1. The van der Waals surface area contributed by atoms with E-state index in [1.807, 2.05) is 0 Å². The summed E-state index contributed by atoms with van der Waals surface area (Å²) in [5.74, 6) is 0.711. The Labute approximate surface area is 498 Å². The van der Waals surface area contributed by atoms with Crippen molar-refractivity contribution in [1.82, 2.24) is 0 Å². The molecule has 19 heteroatoms. The van der Waals surface area contributed by atoms with Gasteiger partial charge in [0, 0.05) is 25.7 Å². The Morgan fingerprint density at radius 2 is 0.585 bits per heavy atom. The van der Waals surface area contributed by atoms with E-state index in [4.69, 9.17) is 37.0 Å². The second-order valence-electron chi connectivity index (χ2n) is 24.5. The van der Waals surface area contributed by atoms with E-state index in [0.29, 0.717) is 43.4 Å². The zero-order valence-corrected chi connectivity index (χ0v) is 54.9. The molecule has 0 bridgehead atoms. The van der Waals surface area contributed by atoms with Gasteiger partial charge in [0.25, 0.3) is 0 Å². The number of carbonyl (C=O) groups excluding carboxylic acids is 4. The number of hydrogen-bond acceptors (Lipinski definition) is 15. The number of unbranched alkanes of at least 4 members (excludes halogenated alkanes) is 25. The maximum Gasteiger partial charge on any atom is 0.472 e. The zero-order chi connectivity index (χ0) is 61.1. The Hall–Kier alpha value is -1.94. The minimum absolute atomic E-state index is 0.100. The molecule has 0 aromatic rings. The molecule has 0 aromatic heterocycles. The van der Waals surface area contributed by atoms with Gasteiger partial charge in [0.1, 0.15) is 19.3 Å². The van der Waals surface area contributed by atoms with Gasteiger partial charge in [0.2, 0.25) is 0 Å². The molecule has 4 unspecified atom stereocenters. The largest absolute Gasteiger partial charge is 0.472 e. The van der Waals surface area contributed by atoms with E-state index < -0.39 is 97.5 Å². The van der Waals surface area contributed by atoms with E-state index in [1.54, 1.807) is 0 Å². The molecule has 0 heterocycles. The summed E-state index contributed by atoms with van der Waals surface area (Å²) in [5.41, 5.74) is 0. The first-order valence-corrected chi connectivity index (χ1v) is 35.7. The van der Waals surface area contributed by atoms with Crippen molar-refractivity contribution < 1.29 is 80.2 Å². The summed E-state index contributed by atoms with van der Waals surface area (Å²) in [6, 6.07) is 0. The smallest absolute Gasteiger partial charge is 0.462 e. The normalized spacial score (nSPS) is 14.8. The maximum absolute atomic E-state index is 13.0. The fraction of sp³-hybridized carbons (Fsp3) is 0.937. The molecule has 17 nitrogen and oxygen atoms in total. The molecule has 0 aliphatic rings. The SMILES string of the molecule is CCC(C)CCCCCCCCCCCCC(=O)O[C@H](COC(=O)CCCCCCCCCC(C)C)COP(=O)(O)OCC(O)COP(=O)(O)OC[C@@H](COC(=O)CCCCCCCCC(C)C)OC(=O)CCCCCCCCC(C)C. The Balaban J connectivity index is 5.24. The number of aliphatic hydroxyl groups is 1. The van der Waals surface area contributed by atoms with Crippen molar-refractivity contribution in [3.05, 3.63) is 0 Å². The van der Waals surface area contributed by atoms with E-state index in [2.05, 4.69) is 55.4 Å².